The van der Waals surface area contributed by atoms with E-state index in [1.807, 2.05) is 6.07 Å². The predicted molar refractivity (Wildman–Crippen MR) is 74.8 cm³/mol. The van der Waals surface area contributed by atoms with Crippen LogP contribution in [0.4, 0.5) is 0 Å². The van der Waals surface area contributed by atoms with Crippen LogP contribution in [0.3, 0.4) is 0 Å². The first-order valence-corrected chi connectivity index (χ1v) is 6.66. The molecule has 1 fully saturated rings. The molecule has 0 amide bonds. The summed E-state index contributed by atoms with van der Waals surface area (Å²) in [5, 5.41) is 0. The number of likely N-dealkylation sites (tertiary alicyclic amines) is 1. The number of benzene rings is 1. The van der Waals surface area contributed by atoms with Crippen LogP contribution in [0.5, 0.6) is 0 Å². The summed E-state index contributed by atoms with van der Waals surface area (Å²) >= 11 is 0. The van der Waals surface area contributed by atoms with Crippen LogP contribution >= 0.6 is 0 Å². The molecule has 2 heteroatoms. The summed E-state index contributed by atoms with van der Waals surface area (Å²) < 4.78 is 16.1. The Bertz CT molecular complexity index is 443. The van der Waals surface area contributed by atoms with Gasteiger partial charge in [0.1, 0.15) is 0 Å². The molecule has 1 aliphatic heterocycles. The van der Waals surface area contributed by atoms with Gasteiger partial charge < -0.3 is 4.90 Å². The lowest BCUT2D eigenvalue weighted by Gasteiger charge is -2.31. The van der Waals surface area contributed by atoms with E-state index in [-0.39, 0.29) is 12.7 Å². The van der Waals surface area contributed by atoms with E-state index in [1.54, 1.807) is 24.3 Å². The van der Waals surface area contributed by atoms with Gasteiger partial charge in [-0.15, -0.1) is 0 Å². The van der Waals surface area contributed by atoms with Gasteiger partial charge >= 0.3 is 0 Å². The van der Waals surface area contributed by atoms with Crippen molar-refractivity contribution in [1.82, 2.24) is 4.90 Å². The zero-order valence-electron chi connectivity index (χ0n) is 13.1. The maximum Gasteiger partial charge on any atom is 0.166 e. The van der Waals surface area contributed by atoms with Gasteiger partial charge in [0.05, 0.1) is 0 Å². The van der Waals surface area contributed by atoms with Crippen LogP contribution < -0.4 is 0 Å². The van der Waals surface area contributed by atoms with E-state index < -0.39 is 5.89 Å². The topological polar surface area (TPSA) is 20.3 Å². The minimum absolute atomic E-state index is 0.188. The van der Waals surface area contributed by atoms with E-state index in [9.17, 15) is 4.79 Å². The Morgan fingerprint density at radius 3 is 2.72 bits per heavy atom. The number of carbonyl (C=O) groups is 1. The summed E-state index contributed by atoms with van der Waals surface area (Å²) in [5.41, 5.74) is 0.542. The third-order valence-corrected chi connectivity index (χ3v) is 3.65. The Kier molecular flexibility index (Phi) is 3.67. The van der Waals surface area contributed by atoms with Crippen molar-refractivity contribution in [3.05, 3.63) is 35.9 Å². The van der Waals surface area contributed by atoms with Crippen molar-refractivity contribution >= 4 is 5.78 Å². The number of ketones is 1. The average Bonchev–Trinajstić information content (AvgIpc) is 2.49. The molecule has 1 aliphatic rings. The molecule has 0 spiro atoms. The quantitative estimate of drug-likeness (QED) is 0.761. The largest absolute Gasteiger partial charge is 0.303 e. The first kappa shape index (κ1) is 10.7. The van der Waals surface area contributed by atoms with Crippen LogP contribution in [-0.2, 0) is 0 Å². The molecule has 1 unspecified atom stereocenters. The molecule has 0 radical (unpaired) electrons. The van der Waals surface area contributed by atoms with Crippen molar-refractivity contribution < 1.29 is 7.54 Å². The SMILES string of the molecule is [2H]CC([2H])(CN1CCC(C)CC1)C(=O)c1ccccc1. The standard InChI is InChI=1S/C16H23NO/c1-13-8-10-17(11-9-13)12-14(2)16(18)15-6-4-3-5-7-15/h3-7,13-14H,8-12H2,1-2H3/i2D,14D. The minimum Gasteiger partial charge on any atom is -0.303 e. The molecule has 1 saturated heterocycles. The summed E-state index contributed by atoms with van der Waals surface area (Å²) in [5.74, 6) is -0.846. The van der Waals surface area contributed by atoms with Gasteiger partial charge in [-0.25, -0.2) is 0 Å². The smallest absolute Gasteiger partial charge is 0.166 e. The van der Waals surface area contributed by atoms with Crippen LogP contribution in [0.25, 0.3) is 0 Å². The highest BCUT2D eigenvalue weighted by atomic mass is 16.1. The maximum absolute atomic E-state index is 12.5. The molecule has 0 aromatic heterocycles. The number of hydrogen-bond acceptors (Lipinski definition) is 2. The Labute approximate surface area is 113 Å². The maximum atomic E-state index is 12.5. The van der Waals surface area contributed by atoms with Crippen LogP contribution in [-0.4, -0.2) is 30.3 Å². The van der Waals surface area contributed by atoms with E-state index in [0.717, 1.165) is 31.8 Å². The zero-order chi connectivity index (χ0) is 14.6. The van der Waals surface area contributed by atoms with Gasteiger partial charge in [-0.3, -0.25) is 4.79 Å². The molecule has 1 aromatic carbocycles. The number of piperidine rings is 1. The van der Waals surface area contributed by atoms with Gasteiger partial charge in [0, 0.05) is 20.7 Å². The summed E-state index contributed by atoms with van der Waals surface area (Å²) in [4.78, 5) is 14.7. The van der Waals surface area contributed by atoms with Crippen LogP contribution in [0.1, 0.15) is 39.8 Å². The number of rotatable bonds is 4. The number of carbonyl (C=O) groups excluding carboxylic acids is 1. The fourth-order valence-corrected chi connectivity index (χ4v) is 2.36. The molecule has 1 aromatic rings. The third-order valence-electron chi connectivity index (χ3n) is 3.65. The molecule has 98 valence electrons. The van der Waals surface area contributed by atoms with E-state index in [2.05, 4.69) is 11.8 Å². The molecule has 0 aliphatic carbocycles. The highest BCUT2D eigenvalue weighted by Crippen LogP contribution is 2.18. The van der Waals surface area contributed by atoms with Crippen LogP contribution in [0, 0.1) is 11.8 Å². The second-order valence-electron chi connectivity index (χ2n) is 5.26. The zero-order valence-corrected chi connectivity index (χ0v) is 11.1. The molecule has 1 heterocycles. The lowest BCUT2D eigenvalue weighted by Crippen LogP contribution is -2.37. The van der Waals surface area contributed by atoms with Gasteiger partial charge in [0.2, 0.25) is 0 Å². The van der Waals surface area contributed by atoms with E-state index in [1.165, 1.54) is 0 Å². The lowest BCUT2D eigenvalue weighted by atomic mass is 9.95. The lowest BCUT2D eigenvalue weighted by molar-refractivity contribution is 0.0873. The van der Waals surface area contributed by atoms with Crippen LogP contribution in [0.2, 0.25) is 0 Å². The number of hydrogen-bond donors (Lipinski definition) is 0. The Hall–Kier alpha value is -1.15. The second kappa shape index (κ2) is 6.14. The molecule has 0 saturated carbocycles. The third kappa shape index (κ3) is 3.42. The first-order valence-electron chi connectivity index (χ1n) is 7.87. The summed E-state index contributed by atoms with van der Waals surface area (Å²) in [7, 11) is 0. The highest BCUT2D eigenvalue weighted by Gasteiger charge is 2.21. The molecule has 0 bridgehead atoms. The molecule has 2 nitrogen and oxygen atoms in total. The highest BCUT2D eigenvalue weighted by molar-refractivity contribution is 5.97. The van der Waals surface area contributed by atoms with Gasteiger partial charge in [-0.2, -0.15) is 0 Å². The molecule has 2 rings (SSSR count). The van der Waals surface area contributed by atoms with Crippen molar-refractivity contribution in [2.75, 3.05) is 19.6 Å². The summed E-state index contributed by atoms with van der Waals surface area (Å²) in [6, 6.07) is 8.94. The van der Waals surface area contributed by atoms with E-state index in [0.29, 0.717) is 12.1 Å². The number of Topliss-reactive ketones (excluding diaryl/α,β-unsaturated/α-hetero) is 1. The Balaban J connectivity index is 2.07. The number of nitrogens with zero attached hydrogens (tertiary/aromatic N) is 1. The van der Waals surface area contributed by atoms with Crippen molar-refractivity contribution in [3.63, 3.8) is 0 Å². The molecule has 0 N–H and O–H groups in total. The van der Waals surface area contributed by atoms with E-state index >= 15 is 0 Å². The van der Waals surface area contributed by atoms with Gasteiger partial charge in [-0.1, -0.05) is 44.2 Å². The van der Waals surface area contributed by atoms with Gasteiger partial charge in [0.15, 0.2) is 5.78 Å². The van der Waals surface area contributed by atoms with E-state index in [4.69, 9.17) is 2.74 Å². The van der Waals surface area contributed by atoms with Crippen molar-refractivity contribution in [3.8, 4) is 0 Å². The van der Waals surface area contributed by atoms with Crippen molar-refractivity contribution in [2.45, 2.75) is 26.7 Å². The van der Waals surface area contributed by atoms with Crippen LogP contribution in [0.15, 0.2) is 30.3 Å². The molecule has 1 atom stereocenters. The molecular formula is C16H23NO. The van der Waals surface area contributed by atoms with Crippen molar-refractivity contribution in [1.29, 1.82) is 0 Å². The summed E-state index contributed by atoms with van der Waals surface area (Å²) in [6.07, 6.45) is 2.24. The monoisotopic (exact) mass is 247 g/mol. The Morgan fingerprint density at radius 1 is 1.44 bits per heavy atom. The molecular weight excluding hydrogens is 222 g/mol. The predicted octanol–water partition coefficient (Wildman–Crippen LogP) is 3.24. The second-order valence-corrected chi connectivity index (χ2v) is 5.26. The summed E-state index contributed by atoms with van der Waals surface area (Å²) in [6.45, 7) is 4.29. The average molecular weight is 247 g/mol. The van der Waals surface area contributed by atoms with Gasteiger partial charge in [-0.05, 0) is 31.8 Å². The fraction of sp³-hybridized carbons (Fsp3) is 0.562. The van der Waals surface area contributed by atoms with Gasteiger partial charge in [0.25, 0.3) is 0 Å². The molecule has 18 heavy (non-hydrogen) atoms. The van der Waals surface area contributed by atoms with Crippen molar-refractivity contribution in [2.24, 2.45) is 11.8 Å². The fourth-order valence-electron chi connectivity index (χ4n) is 2.36. The normalized spacial score (nSPS) is 22.9. The minimum atomic E-state index is -1.35. The Morgan fingerprint density at radius 2 is 2.11 bits per heavy atom. The first-order chi connectivity index (χ1) is 9.55.